The predicted octanol–water partition coefficient (Wildman–Crippen LogP) is 3.60. The van der Waals surface area contributed by atoms with Crippen LogP contribution in [0.5, 0.6) is 0 Å². The lowest BCUT2D eigenvalue weighted by molar-refractivity contribution is -0.129. The van der Waals surface area contributed by atoms with E-state index in [0.717, 1.165) is 6.07 Å². The van der Waals surface area contributed by atoms with Crippen molar-refractivity contribution in [2.24, 2.45) is 11.1 Å². The minimum atomic E-state index is -0.881. The number of benzene rings is 1. The van der Waals surface area contributed by atoms with Gasteiger partial charge in [-0.2, -0.15) is 0 Å². The van der Waals surface area contributed by atoms with Crippen molar-refractivity contribution >= 4 is 21.7 Å². The Morgan fingerprint density at radius 1 is 1.26 bits per heavy atom. The highest BCUT2D eigenvalue weighted by atomic mass is 79.9. The van der Waals surface area contributed by atoms with E-state index in [0.29, 0.717) is 0 Å². The summed E-state index contributed by atoms with van der Waals surface area (Å²) in [6, 6.07) is 2.41. The van der Waals surface area contributed by atoms with Crippen LogP contribution in [0.25, 0.3) is 0 Å². The van der Waals surface area contributed by atoms with Crippen molar-refractivity contribution in [2.45, 2.75) is 39.7 Å². The van der Waals surface area contributed by atoms with Crippen LogP contribution in [0, 0.1) is 17.0 Å². The van der Waals surface area contributed by atoms with Crippen molar-refractivity contribution in [3.8, 4) is 0 Å². The number of carbonyl (C=O) groups is 1. The number of halogens is 3. The van der Waals surface area contributed by atoms with E-state index in [4.69, 9.17) is 5.73 Å². The number of carbonyl (C=O) groups excluding carboxylic acids is 1. The minimum Gasteiger partial charge on any atom is -0.325 e. The highest BCUT2D eigenvalue weighted by molar-refractivity contribution is 9.10. The Balaban J connectivity index is 3.12. The Morgan fingerprint density at radius 3 is 2.26 bits per heavy atom. The second kappa shape index (κ2) is 5.29. The summed E-state index contributed by atoms with van der Waals surface area (Å²) in [4.78, 5) is 12.3. The van der Waals surface area contributed by atoms with Crippen LogP contribution in [0.1, 0.15) is 33.3 Å². The van der Waals surface area contributed by atoms with Gasteiger partial charge in [-0.3, -0.25) is 4.79 Å². The molecule has 19 heavy (non-hydrogen) atoms. The fraction of sp³-hybridized carbons (Fsp3) is 0.500. The molecule has 0 fully saturated rings. The Bertz CT molecular complexity index is 507. The molecule has 2 N–H and O–H groups in total. The number of rotatable bonds is 4. The average Bonchev–Trinajstić information content (AvgIpc) is 2.27. The molecule has 0 saturated carbocycles. The summed E-state index contributed by atoms with van der Waals surface area (Å²) in [6.07, 6.45) is -0.315. The molecule has 1 aromatic rings. The molecular formula is C14H18BrF2NO. The molecular weight excluding hydrogens is 316 g/mol. The van der Waals surface area contributed by atoms with Crippen LogP contribution in [0.3, 0.4) is 0 Å². The molecule has 0 spiro atoms. The summed E-state index contributed by atoms with van der Waals surface area (Å²) in [6.45, 7) is 6.81. The topological polar surface area (TPSA) is 43.1 Å². The van der Waals surface area contributed by atoms with Crippen LogP contribution in [-0.4, -0.2) is 11.3 Å². The molecule has 0 aromatic heterocycles. The van der Waals surface area contributed by atoms with Crippen LogP contribution in [-0.2, 0) is 11.2 Å². The molecule has 0 aliphatic rings. The molecule has 0 aliphatic heterocycles. The Hall–Kier alpha value is -0.810. The third-order valence-corrected chi connectivity index (χ3v) is 4.40. The Kier molecular flexibility index (Phi) is 4.52. The van der Waals surface area contributed by atoms with Gasteiger partial charge in [0.05, 0.1) is 4.47 Å². The van der Waals surface area contributed by atoms with E-state index in [9.17, 15) is 13.6 Å². The van der Waals surface area contributed by atoms with Gasteiger partial charge in [0.15, 0.2) is 0 Å². The van der Waals surface area contributed by atoms with Crippen LogP contribution >= 0.6 is 15.9 Å². The molecule has 2 nitrogen and oxygen atoms in total. The number of hydrogen-bond donors (Lipinski definition) is 1. The monoisotopic (exact) mass is 333 g/mol. The quantitative estimate of drug-likeness (QED) is 0.855. The molecule has 0 radical (unpaired) electrons. The molecule has 0 unspecified atom stereocenters. The first-order valence-electron chi connectivity index (χ1n) is 5.93. The maximum atomic E-state index is 13.8. The Labute approximate surface area is 120 Å². The third-order valence-electron chi connectivity index (χ3n) is 3.78. The van der Waals surface area contributed by atoms with Crippen LogP contribution in [0.2, 0.25) is 0 Å². The highest BCUT2D eigenvalue weighted by Crippen LogP contribution is 2.32. The fourth-order valence-electron chi connectivity index (χ4n) is 1.47. The Morgan fingerprint density at radius 2 is 1.79 bits per heavy atom. The summed E-state index contributed by atoms with van der Waals surface area (Å²) < 4.78 is 27.6. The first kappa shape index (κ1) is 16.2. The molecule has 0 saturated heterocycles. The number of Topliss-reactive ketones (excluding diaryl/α,β-unsaturated/α-hetero) is 1. The average molecular weight is 334 g/mol. The van der Waals surface area contributed by atoms with Gasteiger partial charge in [-0.05, 0) is 41.9 Å². The summed E-state index contributed by atoms with van der Waals surface area (Å²) in [5, 5.41) is 0. The van der Waals surface area contributed by atoms with Crippen molar-refractivity contribution in [1.29, 1.82) is 0 Å². The fourth-order valence-corrected chi connectivity index (χ4v) is 1.84. The number of ketones is 1. The lowest BCUT2D eigenvalue weighted by Crippen LogP contribution is -2.52. The van der Waals surface area contributed by atoms with E-state index in [2.05, 4.69) is 15.9 Å². The second-order valence-electron chi connectivity index (χ2n) is 5.77. The first-order valence-corrected chi connectivity index (χ1v) is 6.72. The lowest BCUT2D eigenvalue weighted by atomic mass is 9.70. The zero-order valence-electron chi connectivity index (χ0n) is 11.5. The van der Waals surface area contributed by atoms with Crippen LogP contribution < -0.4 is 5.73 Å². The molecule has 0 atom stereocenters. The van der Waals surface area contributed by atoms with Gasteiger partial charge in [0.2, 0.25) is 0 Å². The van der Waals surface area contributed by atoms with E-state index in [-0.39, 0.29) is 22.2 Å². The second-order valence-corrected chi connectivity index (χ2v) is 6.62. The molecule has 0 bridgehead atoms. The van der Waals surface area contributed by atoms with E-state index in [1.165, 1.54) is 6.07 Å². The van der Waals surface area contributed by atoms with E-state index in [1.54, 1.807) is 27.7 Å². The summed E-state index contributed by atoms with van der Waals surface area (Å²) in [5.74, 6) is -1.76. The van der Waals surface area contributed by atoms with Crippen molar-refractivity contribution in [1.82, 2.24) is 0 Å². The van der Waals surface area contributed by atoms with Crippen LogP contribution in [0.15, 0.2) is 16.6 Å². The molecule has 0 heterocycles. The predicted molar refractivity (Wildman–Crippen MR) is 74.8 cm³/mol. The number of hydrogen-bond acceptors (Lipinski definition) is 2. The van der Waals surface area contributed by atoms with Gasteiger partial charge < -0.3 is 5.73 Å². The maximum Gasteiger partial charge on any atom is 0.144 e. The van der Waals surface area contributed by atoms with Crippen molar-refractivity contribution in [3.05, 3.63) is 33.8 Å². The first-order chi connectivity index (χ1) is 8.48. The van der Waals surface area contributed by atoms with Gasteiger partial charge in [0, 0.05) is 22.9 Å². The zero-order valence-corrected chi connectivity index (χ0v) is 13.1. The van der Waals surface area contributed by atoms with E-state index in [1.807, 2.05) is 0 Å². The summed E-state index contributed by atoms with van der Waals surface area (Å²) >= 11 is 2.98. The SMILES string of the molecule is CC(C)(N)C(C)(C)C(=O)Cc1c(F)ccc(Br)c1F. The lowest BCUT2D eigenvalue weighted by Gasteiger charge is -2.37. The number of nitrogens with two attached hydrogens (primary N) is 1. The molecule has 0 amide bonds. The van der Waals surface area contributed by atoms with Gasteiger partial charge >= 0.3 is 0 Å². The maximum absolute atomic E-state index is 13.8. The third kappa shape index (κ3) is 3.20. The standard InChI is InChI=1S/C14H18BrF2NO/c1-13(2,14(3,4)18)11(19)7-8-10(16)6-5-9(15)12(8)17/h5-6H,7,18H2,1-4H3. The van der Waals surface area contributed by atoms with Crippen LogP contribution in [0.4, 0.5) is 8.78 Å². The van der Waals surface area contributed by atoms with Gasteiger partial charge in [-0.1, -0.05) is 13.8 Å². The van der Waals surface area contributed by atoms with Gasteiger partial charge in [0.25, 0.3) is 0 Å². The van der Waals surface area contributed by atoms with Crippen molar-refractivity contribution in [3.63, 3.8) is 0 Å². The molecule has 106 valence electrons. The van der Waals surface area contributed by atoms with Gasteiger partial charge in [-0.25, -0.2) is 8.78 Å². The smallest absolute Gasteiger partial charge is 0.144 e. The minimum absolute atomic E-state index is 0.140. The van der Waals surface area contributed by atoms with Crippen molar-refractivity contribution < 1.29 is 13.6 Å². The highest BCUT2D eigenvalue weighted by Gasteiger charge is 2.40. The van der Waals surface area contributed by atoms with E-state index >= 15 is 0 Å². The molecule has 0 aliphatic carbocycles. The zero-order chi connectivity index (χ0) is 15.0. The van der Waals surface area contributed by atoms with Gasteiger partial charge in [-0.15, -0.1) is 0 Å². The molecule has 5 heteroatoms. The normalized spacial score (nSPS) is 12.6. The molecule has 1 aromatic carbocycles. The molecule has 1 rings (SSSR count). The summed E-state index contributed by atoms with van der Waals surface area (Å²) in [5.41, 5.74) is 4.08. The van der Waals surface area contributed by atoms with Gasteiger partial charge in [0.1, 0.15) is 17.4 Å². The van der Waals surface area contributed by atoms with E-state index < -0.39 is 22.6 Å². The largest absolute Gasteiger partial charge is 0.325 e. The van der Waals surface area contributed by atoms with Crippen molar-refractivity contribution in [2.75, 3.05) is 0 Å². The summed E-state index contributed by atoms with van der Waals surface area (Å²) in [7, 11) is 0.